The zero-order chi connectivity index (χ0) is 26.5. The highest BCUT2D eigenvalue weighted by Crippen LogP contribution is 2.54. The molecule has 1 aromatic carbocycles. The number of anilines is 1. The van der Waals surface area contributed by atoms with Crippen LogP contribution in [0.1, 0.15) is 37.8 Å². The van der Waals surface area contributed by atoms with Crippen LogP contribution in [0.3, 0.4) is 0 Å². The van der Waals surface area contributed by atoms with E-state index in [2.05, 4.69) is 0 Å². The minimum atomic E-state index is -1.34. The Morgan fingerprint density at radius 2 is 1.84 bits per heavy atom. The number of aliphatic hydroxyl groups is 1. The standard InChI is InChI=1S/C29H36N2O6/c1-17(2)15-20(16-32)31-25-27(34)30(24-18(3)9-7-10-19(24)4)13-8-12-29(25)23(26(31)33)22-21(37-29)11-5-6-14-36-28(22)35/h5,7-12,17,20-23,25,32H,6,13-16H2,1-4H3/t20-,21-,22+,23+,25?,29+/m1/s1. The van der Waals surface area contributed by atoms with Crippen LogP contribution in [0.15, 0.2) is 42.5 Å². The molecule has 8 heteroatoms. The summed E-state index contributed by atoms with van der Waals surface area (Å²) >= 11 is 0. The first kappa shape index (κ1) is 25.7. The van der Waals surface area contributed by atoms with Crippen LogP contribution in [0.5, 0.6) is 0 Å². The first-order valence-corrected chi connectivity index (χ1v) is 13.2. The second-order valence-corrected chi connectivity index (χ2v) is 11.0. The number of nitrogens with zero attached hydrogens (tertiary/aromatic N) is 2. The van der Waals surface area contributed by atoms with Crippen LogP contribution >= 0.6 is 0 Å². The Bertz CT molecular complexity index is 1140. The highest BCUT2D eigenvalue weighted by molar-refractivity contribution is 6.06. The Labute approximate surface area is 217 Å². The SMILES string of the molecule is Cc1cccc(C)c1N1CC=C[C@]23O[C@@H]4C=CCCOC(=O)[C@@H]4[C@H]2C(=O)N([C@@H](CO)CC(C)C)C3C1=O. The summed E-state index contributed by atoms with van der Waals surface area (Å²) < 4.78 is 12.1. The van der Waals surface area contributed by atoms with E-state index in [4.69, 9.17) is 9.47 Å². The summed E-state index contributed by atoms with van der Waals surface area (Å²) in [5, 5.41) is 10.4. The molecule has 2 fully saturated rings. The molecule has 4 aliphatic rings. The van der Waals surface area contributed by atoms with Crippen LogP contribution in [-0.4, -0.2) is 71.3 Å². The first-order chi connectivity index (χ1) is 17.7. The first-order valence-electron chi connectivity index (χ1n) is 13.2. The number of aliphatic hydroxyl groups excluding tert-OH is 1. The van der Waals surface area contributed by atoms with E-state index >= 15 is 0 Å². The number of carbonyl (C=O) groups is 3. The number of aryl methyl sites for hydroxylation is 2. The molecule has 0 aromatic heterocycles. The van der Waals surface area contributed by atoms with Gasteiger partial charge in [0.2, 0.25) is 5.91 Å². The number of ether oxygens (including phenoxy) is 2. The second-order valence-electron chi connectivity index (χ2n) is 11.0. The van der Waals surface area contributed by atoms with E-state index in [-0.39, 0.29) is 30.9 Å². The lowest BCUT2D eigenvalue weighted by Crippen LogP contribution is -2.58. The molecule has 8 nitrogen and oxygen atoms in total. The number of cyclic esters (lactones) is 1. The van der Waals surface area contributed by atoms with Gasteiger partial charge in [0.15, 0.2) is 0 Å². The van der Waals surface area contributed by atoms with Gasteiger partial charge >= 0.3 is 5.97 Å². The monoisotopic (exact) mass is 508 g/mol. The highest BCUT2D eigenvalue weighted by Gasteiger charge is 2.72. The average Bonchev–Trinajstić information content (AvgIpc) is 3.22. The van der Waals surface area contributed by atoms with Gasteiger partial charge in [-0.3, -0.25) is 14.4 Å². The smallest absolute Gasteiger partial charge is 0.312 e. The van der Waals surface area contributed by atoms with Gasteiger partial charge in [-0.15, -0.1) is 0 Å². The molecule has 1 unspecified atom stereocenters. The molecule has 0 bridgehead atoms. The van der Waals surface area contributed by atoms with Crippen molar-refractivity contribution in [2.75, 3.05) is 24.7 Å². The van der Waals surface area contributed by atoms with E-state index in [1.54, 1.807) is 4.90 Å². The maximum atomic E-state index is 14.6. The second kappa shape index (κ2) is 9.72. The van der Waals surface area contributed by atoms with Crippen molar-refractivity contribution in [1.82, 2.24) is 4.90 Å². The summed E-state index contributed by atoms with van der Waals surface area (Å²) in [6.07, 6.45) is 7.83. The molecule has 37 heavy (non-hydrogen) atoms. The quantitative estimate of drug-likeness (QED) is 0.485. The van der Waals surface area contributed by atoms with Crippen LogP contribution in [0.4, 0.5) is 5.69 Å². The van der Waals surface area contributed by atoms with Crippen molar-refractivity contribution in [3.63, 3.8) is 0 Å². The minimum absolute atomic E-state index is 0.176. The fourth-order valence-corrected chi connectivity index (χ4v) is 6.69. The lowest BCUT2D eigenvalue weighted by Gasteiger charge is -2.39. The van der Waals surface area contributed by atoms with Crippen molar-refractivity contribution in [2.24, 2.45) is 17.8 Å². The van der Waals surface area contributed by atoms with Gasteiger partial charge in [0.1, 0.15) is 17.6 Å². The number of hydrogen-bond acceptors (Lipinski definition) is 6. The lowest BCUT2D eigenvalue weighted by atomic mass is 9.77. The Hall–Kier alpha value is -2.97. The molecule has 0 saturated carbocycles. The van der Waals surface area contributed by atoms with Crippen molar-refractivity contribution in [2.45, 2.75) is 64.3 Å². The van der Waals surface area contributed by atoms with E-state index in [1.165, 1.54) is 4.90 Å². The van der Waals surface area contributed by atoms with Crippen molar-refractivity contribution < 1.29 is 29.0 Å². The van der Waals surface area contributed by atoms with Crippen LogP contribution in [0.2, 0.25) is 0 Å². The van der Waals surface area contributed by atoms with E-state index in [0.29, 0.717) is 19.4 Å². The predicted octanol–water partition coefficient (Wildman–Crippen LogP) is 2.70. The number of esters is 1. The molecule has 0 radical (unpaired) electrons. The summed E-state index contributed by atoms with van der Waals surface area (Å²) in [5.74, 6) is -2.70. The zero-order valence-electron chi connectivity index (χ0n) is 21.9. The van der Waals surface area contributed by atoms with Crippen LogP contribution in [0.25, 0.3) is 0 Å². The number of amides is 2. The van der Waals surface area contributed by atoms with Crippen LogP contribution in [0, 0.1) is 31.6 Å². The predicted molar refractivity (Wildman–Crippen MR) is 138 cm³/mol. The third-order valence-electron chi connectivity index (χ3n) is 8.12. The Morgan fingerprint density at radius 3 is 2.51 bits per heavy atom. The number of likely N-dealkylation sites (tertiary alicyclic amines) is 1. The number of hydrogen-bond donors (Lipinski definition) is 1. The van der Waals surface area contributed by atoms with E-state index in [0.717, 1.165) is 16.8 Å². The highest BCUT2D eigenvalue weighted by atomic mass is 16.6. The topological polar surface area (TPSA) is 96.4 Å². The summed E-state index contributed by atoms with van der Waals surface area (Å²) in [4.78, 5) is 45.2. The molecule has 2 amide bonds. The number of fused-ring (bicyclic) bond motifs is 2. The van der Waals surface area contributed by atoms with Crippen molar-refractivity contribution in [3.05, 3.63) is 53.6 Å². The van der Waals surface area contributed by atoms with Gasteiger partial charge in [0, 0.05) is 12.2 Å². The molecule has 1 N–H and O–H groups in total. The van der Waals surface area contributed by atoms with Crippen molar-refractivity contribution in [1.29, 1.82) is 0 Å². The normalized spacial score (nSPS) is 32.0. The Balaban J connectivity index is 1.67. The summed E-state index contributed by atoms with van der Waals surface area (Å²) in [6.45, 7) is 8.21. The lowest BCUT2D eigenvalue weighted by molar-refractivity contribution is -0.155. The van der Waals surface area contributed by atoms with Crippen molar-refractivity contribution in [3.8, 4) is 0 Å². The third kappa shape index (κ3) is 4.01. The third-order valence-corrected chi connectivity index (χ3v) is 8.12. The van der Waals surface area contributed by atoms with Gasteiger partial charge in [0.05, 0.1) is 31.3 Å². The molecule has 1 spiro atoms. The van der Waals surface area contributed by atoms with Crippen LogP contribution < -0.4 is 4.90 Å². The zero-order valence-corrected chi connectivity index (χ0v) is 21.9. The number of carbonyl (C=O) groups excluding carboxylic acids is 3. The number of benzene rings is 1. The van der Waals surface area contributed by atoms with E-state index in [9.17, 15) is 19.5 Å². The molecule has 6 atom stereocenters. The maximum absolute atomic E-state index is 14.6. The van der Waals surface area contributed by atoms with E-state index in [1.807, 2.05) is 70.2 Å². The van der Waals surface area contributed by atoms with Gasteiger partial charge in [-0.05, 0) is 43.7 Å². The summed E-state index contributed by atoms with van der Waals surface area (Å²) in [5.41, 5.74) is 1.36. The molecule has 4 heterocycles. The van der Waals surface area contributed by atoms with Gasteiger partial charge < -0.3 is 24.4 Å². The molecular weight excluding hydrogens is 472 g/mol. The molecule has 4 aliphatic heterocycles. The van der Waals surface area contributed by atoms with Gasteiger partial charge in [0.25, 0.3) is 5.91 Å². The molecule has 0 aliphatic carbocycles. The van der Waals surface area contributed by atoms with E-state index < -0.39 is 41.6 Å². The van der Waals surface area contributed by atoms with Gasteiger partial charge in [-0.1, -0.05) is 56.4 Å². The fraction of sp³-hybridized carbons (Fsp3) is 0.552. The number of rotatable bonds is 5. The molecule has 2 saturated heterocycles. The average molecular weight is 509 g/mol. The fourth-order valence-electron chi connectivity index (χ4n) is 6.69. The molecular formula is C29H36N2O6. The molecule has 1 aromatic rings. The minimum Gasteiger partial charge on any atom is -0.465 e. The Morgan fingerprint density at radius 1 is 1.11 bits per heavy atom. The van der Waals surface area contributed by atoms with Crippen LogP contribution in [-0.2, 0) is 23.9 Å². The maximum Gasteiger partial charge on any atom is 0.312 e. The largest absolute Gasteiger partial charge is 0.465 e. The number of para-hydroxylation sites is 1. The molecule has 5 rings (SSSR count). The molecule has 198 valence electrons. The summed E-state index contributed by atoms with van der Waals surface area (Å²) in [7, 11) is 0. The van der Waals surface area contributed by atoms with Crippen molar-refractivity contribution >= 4 is 23.5 Å². The van der Waals surface area contributed by atoms with Gasteiger partial charge in [-0.25, -0.2) is 0 Å². The Kier molecular flexibility index (Phi) is 6.75. The summed E-state index contributed by atoms with van der Waals surface area (Å²) in [6, 6.07) is 4.27. The van der Waals surface area contributed by atoms with Gasteiger partial charge in [-0.2, -0.15) is 0 Å².